The van der Waals surface area contributed by atoms with Crippen LogP contribution in [0.3, 0.4) is 0 Å². The van der Waals surface area contributed by atoms with Crippen LogP contribution in [0, 0.1) is 0 Å². The highest BCUT2D eigenvalue weighted by molar-refractivity contribution is 5.86. The molecule has 19 heavy (non-hydrogen) atoms. The lowest BCUT2D eigenvalue weighted by molar-refractivity contribution is -0.125. The minimum Gasteiger partial charge on any atom is -0.444 e. The molecule has 2 heterocycles. The van der Waals surface area contributed by atoms with Gasteiger partial charge in [-0.25, -0.2) is 4.79 Å². The maximum atomic E-state index is 12.0. The molecule has 0 aromatic heterocycles. The molecule has 1 N–H and O–H groups in total. The predicted octanol–water partition coefficient (Wildman–Crippen LogP) is 0.901. The second kappa shape index (κ2) is 5.36. The zero-order chi connectivity index (χ0) is 14.0. The maximum Gasteiger partial charge on any atom is 0.410 e. The van der Waals surface area contributed by atoms with Crippen molar-refractivity contribution in [2.24, 2.45) is 0 Å². The van der Waals surface area contributed by atoms with E-state index in [1.165, 1.54) is 4.90 Å². The van der Waals surface area contributed by atoms with Gasteiger partial charge < -0.3 is 14.8 Å². The number of amides is 2. The van der Waals surface area contributed by atoms with Gasteiger partial charge in [0.15, 0.2) is 0 Å². The van der Waals surface area contributed by atoms with Crippen molar-refractivity contribution < 1.29 is 19.1 Å². The third kappa shape index (κ3) is 4.09. The van der Waals surface area contributed by atoms with Gasteiger partial charge in [0.1, 0.15) is 11.6 Å². The minimum absolute atomic E-state index is 0.112. The molecule has 0 radical (unpaired) electrons. The van der Waals surface area contributed by atoms with Gasteiger partial charge in [-0.2, -0.15) is 0 Å². The lowest BCUT2D eigenvalue weighted by Gasteiger charge is -2.27. The van der Waals surface area contributed by atoms with Crippen molar-refractivity contribution in [2.45, 2.75) is 51.4 Å². The lowest BCUT2D eigenvalue weighted by Crippen LogP contribution is -2.48. The Hall–Kier alpha value is -1.30. The van der Waals surface area contributed by atoms with Crippen molar-refractivity contribution in [3.8, 4) is 0 Å². The molecule has 0 aliphatic carbocycles. The van der Waals surface area contributed by atoms with E-state index in [9.17, 15) is 9.59 Å². The molecule has 0 aromatic rings. The number of ether oxygens (including phenoxy) is 2. The van der Waals surface area contributed by atoms with Crippen molar-refractivity contribution >= 4 is 12.0 Å². The quantitative estimate of drug-likeness (QED) is 0.773. The van der Waals surface area contributed by atoms with Crippen LogP contribution in [0.4, 0.5) is 4.79 Å². The zero-order valence-corrected chi connectivity index (χ0v) is 11.8. The first-order chi connectivity index (χ1) is 8.87. The van der Waals surface area contributed by atoms with Crippen LogP contribution in [-0.4, -0.2) is 54.3 Å². The smallest absolute Gasteiger partial charge is 0.410 e. The van der Waals surface area contributed by atoms with E-state index in [1.54, 1.807) is 0 Å². The topological polar surface area (TPSA) is 71.2 Å². The van der Waals surface area contributed by atoms with Crippen LogP contribution in [-0.2, 0) is 14.3 Å². The Morgan fingerprint density at radius 1 is 1.42 bits per heavy atom. The van der Waals surface area contributed by atoms with E-state index in [0.717, 1.165) is 6.42 Å². The molecule has 2 aliphatic heterocycles. The van der Waals surface area contributed by atoms with Crippen LogP contribution < -0.4 is 5.32 Å². The lowest BCUT2D eigenvalue weighted by atomic mass is 10.2. The summed E-state index contributed by atoms with van der Waals surface area (Å²) in [5.41, 5.74) is -0.539. The van der Waals surface area contributed by atoms with E-state index in [1.807, 2.05) is 20.8 Å². The van der Waals surface area contributed by atoms with Crippen molar-refractivity contribution in [1.82, 2.24) is 10.2 Å². The van der Waals surface area contributed by atoms with Gasteiger partial charge in [0.2, 0.25) is 5.91 Å². The molecule has 6 nitrogen and oxygen atoms in total. The predicted molar refractivity (Wildman–Crippen MR) is 68.7 cm³/mol. The fourth-order valence-electron chi connectivity index (χ4n) is 2.10. The van der Waals surface area contributed by atoms with E-state index in [2.05, 4.69) is 5.32 Å². The summed E-state index contributed by atoms with van der Waals surface area (Å²) in [6.45, 7) is 7.27. The Morgan fingerprint density at radius 3 is 2.68 bits per heavy atom. The second-order valence-corrected chi connectivity index (χ2v) is 6.03. The highest BCUT2D eigenvalue weighted by Crippen LogP contribution is 2.21. The number of carbonyl (C=O) groups excluding carboxylic acids is 2. The van der Waals surface area contributed by atoms with Crippen LogP contribution in [0.25, 0.3) is 0 Å². The van der Waals surface area contributed by atoms with Gasteiger partial charge in [0.05, 0.1) is 12.7 Å². The Labute approximate surface area is 113 Å². The summed E-state index contributed by atoms with van der Waals surface area (Å²) < 4.78 is 10.4. The summed E-state index contributed by atoms with van der Waals surface area (Å²) in [6.07, 6.45) is 1.27. The van der Waals surface area contributed by atoms with Gasteiger partial charge in [-0.3, -0.25) is 9.69 Å². The summed E-state index contributed by atoms with van der Waals surface area (Å²) in [5, 5.41) is 2.82. The number of nitrogens with one attached hydrogen (secondary N) is 1. The number of likely N-dealkylation sites (tertiary alicyclic amines) is 1. The molecule has 2 amide bonds. The molecule has 0 saturated carbocycles. The van der Waals surface area contributed by atoms with Gasteiger partial charge in [0.25, 0.3) is 0 Å². The summed E-state index contributed by atoms with van der Waals surface area (Å²) in [7, 11) is 0. The fourth-order valence-corrected chi connectivity index (χ4v) is 2.10. The third-order valence-electron chi connectivity index (χ3n) is 3.09. The van der Waals surface area contributed by atoms with Crippen molar-refractivity contribution in [2.75, 3.05) is 19.7 Å². The van der Waals surface area contributed by atoms with E-state index in [-0.39, 0.29) is 12.0 Å². The normalized spacial score (nSPS) is 26.2. The zero-order valence-electron chi connectivity index (χ0n) is 11.8. The molecule has 2 fully saturated rings. The Bertz CT molecular complexity index is 360. The van der Waals surface area contributed by atoms with Crippen LogP contribution in [0.15, 0.2) is 0 Å². The van der Waals surface area contributed by atoms with Crippen LogP contribution in [0.2, 0.25) is 0 Å². The molecule has 2 aliphatic rings. The van der Waals surface area contributed by atoms with Gasteiger partial charge in [0, 0.05) is 13.1 Å². The molecule has 0 aromatic carbocycles. The van der Waals surface area contributed by atoms with Gasteiger partial charge in [-0.05, 0) is 33.6 Å². The van der Waals surface area contributed by atoms with E-state index in [0.29, 0.717) is 26.1 Å². The number of carbonyl (C=O) groups is 2. The van der Waals surface area contributed by atoms with Crippen molar-refractivity contribution in [1.29, 1.82) is 0 Å². The Morgan fingerprint density at radius 2 is 2.11 bits per heavy atom. The summed E-state index contributed by atoms with van der Waals surface area (Å²) in [5.74, 6) is -0.112. The first-order valence-electron chi connectivity index (χ1n) is 6.76. The average molecular weight is 270 g/mol. The molecule has 0 spiro atoms. The Kier molecular flexibility index (Phi) is 3.99. The first-order valence-corrected chi connectivity index (χ1v) is 6.76. The molecule has 0 bridgehead atoms. The number of epoxide rings is 1. The average Bonchev–Trinajstić information content (AvgIpc) is 2.98. The highest BCUT2D eigenvalue weighted by atomic mass is 16.6. The van der Waals surface area contributed by atoms with Crippen molar-refractivity contribution in [3.63, 3.8) is 0 Å². The Balaban J connectivity index is 1.87. The molecule has 2 rings (SSSR count). The number of rotatable bonds is 3. The minimum atomic E-state index is -0.539. The second-order valence-electron chi connectivity index (χ2n) is 6.03. The molecule has 108 valence electrons. The molecule has 2 atom stereocenters. The first kappa shape index (κ1) is 14.1. The van der Waals surface area contributed by atoms with E-state index >= 15 is 0 Å². The summed E-state index contributed by atoms with van der Waals surface area (Å²) >= 11 is 0. The summed E-state index contributed by atoms with van der Waals surface area (Å²) in [4.78, 5) is 25.6. The summed E-state index contributed by atoms with van der Waals surface area (Å²) in [6, 6.07) is -0.409. The monoisotopic (exact) mass is 270 g/mol. The van der Waals surface area contributed by atoms with Gasteiger partial charge in [-0.1, -0.05) is 0 Å². The largest absolute Gasteiger partial charge is 0.444 e. The highest BCUT2D eigenvalue weighted by Gasteiger charge is 2.37. The third-order valence-corrected chi connectivity index (χ3v) is 3.09. The maximum absolute atomic E-state index is 12.0. The van der Waals surface area contributed by atoms with Gasteiger partial charge in [-0.15, -0.1) is 0 Å². The number of hydrogen-bond acceptors (Lipinski definition) is 4. The molecule has 2 saturated heterocycles. The van der Waals surface area contributed by atoms with Crippen LogP contribution >= 0.6 is 0 Å². The number of nitrogens with zero attached hydrogens (tertiary/aromatic N) is 1. The molecular formula is C13H22N2O4. The SMILES string of the molecule is CC(C)(C)OC(=O)N1CCCC1C(=O)NCC1CO1. The van der Waals surface area contributed by atoms with E-state index < -0.39 is 17.7 Å². The van der Waals surface area contributed by atoms with E-state index in [4.69, 9.17) is 9.47 Å². The van der Waals surface area contributed by atoms with Crippen molar-refractivity contribution in [3.05, 3.63) is 0 Å². The standard InChI is InChI=1S/C13H22N2O4/c1-13(2,3)19-12(17)15-6-4-5-10(15)11(16)14-7-9-8-18-9/h9-10H,4-8H2,1-3H3,(H,14,16). The van der Waals surface area contributed by atoms with Crippen LogP contribution in [0.5, 0.6) is 0 Å². The molecular weight excluding hydrogens is 248 g/mol. The molecule has 2 unspecified atom stereocenters. The van der Waals surface area contributed by atoms with Gasteiger partial charge >= 0.3 is 6.09 Å². The number of hydrogen-bond donors (Lipinski definition) is 1. The van der Waals surface area contributed by atoms with Crippen LogP contribution in [0.1, 0.15) is 33.6 Å². The molecule has 6 heteroatoms. The fraction of sp³-hybridized carbons (Fsp3) is 0.846.